The number of hydrazone groups is 1. The lowest BCUT2D eigenvalue weighted by Gasteiger charge is -2.38. The summed E-state index contributed by atoms with van der Waals surface area (Å²) in [6, 6.07) is 30.7. The lowest BCUT2D eigenvalue weighted by Crippen LogP contribution is -2.51. The molecule has 1 aliphatic rings. The van der Waals surface area contributed by atoms with E-state index in [0.29, 0.717) is 0 Å². The van der Waals surface area contributed by atoms with Crippen LogP contribution in [-0.2, 0) is 0 Å². The standard InChI is InChI=1S/C26H25N3/c1-26(2,3)28-24(20-19-21-13-7-4-8-14-21)29(23-17-11-6-12-18-23)27-25(28)22-15-9-5-10-16-22/h4-18,24H,1-3H3/t24-/m1/s1. The van der Waals surface area contributed by atoms with Crippen molar-refractivity contribution in [1.29, 1.82) is 0 Å². The van der Waals surface area contributed by atoms with Gasteiger partial charge in [-0.1, -0.05) is 72.7 Å². The summed E-state index contributed by atoms with van der Waals surface area (Å²) in [7, 11) is 0. The average molecular weight is 380 g/mol. The van der Waals surface area contributed by atoms with E-state index in [0.717, 1.165) is 22.6 Å². The van der Waals surface area contributed by atoms with E-state index in [1.165, 1.54) is 0 Å². The number of nitrogens with zero attached hydrogens (tertiary/aromatic N) is 3. The number of amidine groups is 1. The van der Waals surface area contributed by atoms with Crippen LogP contribution in [0.5, 0.6) is 0 Å². The van der Waals surface area contributed by atoms with Crippen molar-refractivity contribution in [1.82, 2.24) is 4.90 Å². The van der Waals surface area contributed by atoms with Crippen molar-refractivity contribution in [3.63, 3.8) is 0 Å². The van der Waals surface area contributed by atoms with E-state index in [9.17, 15) is 0 Å². The lowest BCUT2D eigenvalue weighted by molar-refractivity contribution is 0.220. The van der Waals surface area contributed by atoms with Crippen molar-refractivity contribution >= 4 is 11.5 Å². The van der Waals surface area contributed by atoms with Crippen molar-refractivity contribution in [2.75, 3.05) is 5.01 Å². The van der Waals surface area contributed by atoms with Gasteiger partial charge in [-0.25, -0.2) is 5.01 Å². The van der Waals surface area contributed by atoms with Crippen LogP contribution in [0.1, 0.15) is 31.9 Å². The first kappa shape index (κ1) is 18.8. The fraction of sp³-hybridized carbons (Fsp3) is 0.192. The van der Waals surface area contributed by atoms with Crippen LogP contribution in [0.25, 0.3) is 0 Å². The second kappa shape index (κ2) is 7.85. The Labute approximate surface area is 173 Å². The Morgan fingerprint density at radius 1 is 0.759 bits per heavy atom. The Morgan fingerprint density at radius 2 is 1.31 bits per heavy atom. The highest BCUT2D eigenvalue weighted by atomic mass is 15.6. The molecule has 1 aliphatic heterocycles. The molecule has 0 N–H and O–H groups in total. The molecule has 3 aromatic rings. The van der Waals surface area contributed by atoms with Crippen LogP contribution in [0.3, 0.4) is 0 Å². The summed E-state index contributed by atoms with van der Waals surface area (Å²) in [6.07, 6.45) is -0.201. The Kier molecular flexibility index (Phi) is 5.10. The van der Waals surface area contributed by atoms with Gasteiger partial charge in [0.05, 0.1) is 5.69 Å². The van der Waals surface area contributed by atoms with Crippen LogP contribution in [0, 0.1) is 11.8 Å². The van der Waals surface area contributed by atoms with E-state index in [1.54, 1.807) is 0 Å². The van der Waals surface area contributed by atoms with E-state index in [4.69, 9.17) is 5.10 Å². The van der Waals surface area contributed by atoms with Crippen molar-refractivity contribution in [3.8, 4) is 11.8 Å². The minimum absolute atomic E-state index is 0.158. The summed E-state index contributed by atoms with van der Waals surface area (Å²) in [5, 5.41) is 7.07. The van der Waals surface area contributed by atoms with Crippen LogP contribution >= 0.6 is 0 Å². The van der Waals surface area contributed by atoms with Gasteiger partial charge in [-0.05, 0) is 51.0 Å². The maximum absolute atomic E-state index is 5.04. The maximum Gasteiger partial charge on any atom is 0.188 e. The number of hydrogen-bond acceptors (Lipinski definition) is 3. The monoisotopic (exact) mass is 379 g/mol. The van der Waals surface area contributed by atoms with Crippen LogP contribution in [0.2, 0.25) is 0 Å². The van der Waals surface area contributed by atoms with E-state index in [-0.39, 0.29) is 11.7 Å². The Hall–Kier alpha value is -3.51. The molecular weight excluding hydrogens is 354 g/mol. The number of anilines is 1. The van der Waals surface area contributed by atoms with Crippen LogP contribution in [0.4, 0.5) is 5.69 Å². The van der Waals surface area contributed by atoms with Gasteiger partial charge in [-0.15, -0.1) is 0 Å². The summed E-state index contributed by atoms with van der Waals surface area (Å²) in [4.78, 5) is 2.31. The first-order chi connectivity index (χ1) is 14.0. The summed E-state index contributed by atoms with van der Waals surface area (Å²) < 4.78 is 0. The van der Waals surface area contributed by atoms with E-state index in [2.05, 4.69) is 73.9 Å². The summed E-state index contributed by atoms with van der Waals surface area (Å²) >= 11 is 0. The van der Waals surface area contributed by atoms with Gasteiger partial charge in [0.15, 0.2) is 12.0 Å². The van der Waals surface area contributed by atoms with Gasteiger partial charge < -0.3 is 4.90 Å². The highest BCUT2D eigenvalue weighted by Crippen LogP contribution is 2.32. The molecule has 1 heterocycles. The Balaban J connectivity index is 1.84. The van der Waals surface area contributed by atoms with Gasteiger partial charge in [-0.2, -0.15) is 5.10 Å². The zero-order valence-corrected chi connectivity index (χ0v) is 17.1. The number of rotatable bonds is 2. The SMILES string of the molecule is CC(C)(C)N1C(c2ccccc2)=NN(c2ccccc2)[C@@H]1C#Cc1ccccc1. The van der Waals surface area contributed by atoms with Gasteiger partial charge in [0, 0.05) is 16.7 Å². The largest absolute Gasteiger partial charge is 0.317 e. The summed E-state index contributed by atoms with van der Waals surface area (Å²) in [5.74, 6) is 7.78. The van der Waals surface area contributed by atoms with E-state index in [1.807, 2.05) is 59.6 Å². The van der Waals surface area contributed by atoms with Crippen molar-refractivity contribution < 1.29 is 0 Å². The fourth-order valence-corrected chi connectivity index (χ4v) is 3.47. The van der Waals surface area contributed by atoms with Gasteiger partial charge in [0.25, 0.3) is 0 Å². The summed E-state index contributed by atoms with van der Waals surface area (Å²) in [6.45, 7) is 6.62. The predicted molar refractivity (Wildman–Crippen MR) is 121 cm³/mol. The maximum atomic E-state index is 5.04. The topological polar surface area (TPSA) is 18.8 Å². The second-order valence-electron chi connectivity index (χ2n) is 8.02. The fourth-order valence-electron chi connectivity index (χ4n) is 3.47. The van der Waals surface area contributed by atoms with Crippen LogP contribution in [0.15, 0.2) is 96.1 Å². The van der Waals surface area contributed by atoms with Crippen molar-refractivity contribution in [2.24, 2.45) is 5.10 Å². The summed E-state index contributed by atoms with van der Waals surface area (Å²) in [5.41, 5.74) is 2.96. The zero-order chi connectivity index (χ0) is 20.3. The zero-order valence-electron chi connectivity index (χ0n) is 17.1. The van der Waals surface area contributed by atoms with Gasteiger partial charge in [-0.3, -0.25) is 0 Å². The number of benzene rings is 3. The smallest absolute Gasteiger partial charge is 0.188 e. The minimum atomic E-state index is -0.201. The van der Waals surface area contributed by atoms with Crippen molar-refractivity contribution in [3.05, 3.63) is 102 Å². The van der Waals surface area contributed by atoms with E-state index >= 15 is 0 Å². The molecule has 0 bridgehead atoms. The highest BCUT2D eigenvalue weighted by molar-refractivity contribution is 6.02. The minimum Gasteiger partial charge on any atom is -0.317 e. The molecule has 0 aromatic heterocycles. The molecule has 4 rings (SSSR count). The second-order valence-corrected chi connectivity index (χ2v) is 8.02. The Morgan fingerprint density at radius 3 is 1.90 bits per heavy atom. The molecule has 0 amide bonds. The molecule has 0 saturated carbocycles. The van der Waals surface area contributed by atoms with E-state index < -0.39 is 0 Å². The third-order valence-electron chi connectivity index (χ3n) is 4.80. The molecule has 3 heteroatoms. The first-order valence-corrected chi connectivity index (χ1v) is 9.88. The molecule has 0 saturated heterocycles. The average Bonchev–Trinajstić information content (AvgIpc) is 3.14. The predicted octanol–water partition coefficient (Wildman–Crippen LogP) is 5.35. The van der Waals surface area contributed by atoms with Crippen molar-refractivity contribution in [2.45, 2.75) is 32.5 Å². The number of hydrogen-bond donors (Lipinski definition) is 0. The highest BCUT2D eigenvalue weighted by Gasteiger charge is 2.40. The third-order valence-corrected chi connectivity index (χ3v) is 4.80. The molecule has 0 spiro atoms. The molecule has 1 atom stereocenters. The number of para-hydroxylation sites is 1. The lowest BCUT2D eigenvalue weighted by atomic mass is 10.0. The quantitative estimate of drug-likeness (QED) is 0.559. The van der Waals surface area contributed by atoms with Gasteiger partial charge >= 0.3 is 0 Å². The molecule has 0 unspecified atom stereocenters. The molecule has 144 valence electrons. The molecule has 3 aromatic carbocycles. The molecule has 0 aliphatic carbocycles. The molecule has 3 nitrogen and oxygen atoms in total. The first-order valence-electron chi connectivity index (χ1n) is 9.88. The van der Waals surface area contributed by atoms with Crippen LogP contribution in [-0.4, -0.2) is 22.4 Å². The van der Waals surface area contributed by atoms with Gasteiger partial charge in [0.2, 0.25) is 0 Å². The molecule has 0 fully saturated rings. The third kappa shape index (κ3) is 4.02. The van der Waals surface area contributed by atoms with Crippen LogP contribution < -0.4 is 5.01 Å². The van der Waals surface area contributed by atoms with Gasteiger partial charge in [0.1, 0.15) is 0 Å². The molecule has 29 heavy (non-hydrogen) atoms. The normalized spacial score (nSPS) is 16.2. The molecular formula is C26H25N3. The molecule has 0 radical (unpaired) electrons. The Bertz CT molecular complexity index is 1040.